The maximum Gasteiger partial charge on any atom is 0.0757 e. The fourth-order valence-corrected chi connectivity index (χ4v) is 4.37. The van der Waals surface area contributed by atoms with E-state index in [0.29, 0.717) is 6.04 Å². The van der Waals surface area contributed by atoms with Gasteiger partial charge in [0.15, 0.2) is 0 Å². The molecule has 1 saturated heterocycles. The van der Waals surface area contributed by atoms with Crippen molar-refractivity contribution in [1.29, 1.82) is 0 Å². The number of rotatable bonds is 3. The second kappa shape index (κ2) is 6.62. The highest BCUT2D eigenvalue weighted by Gasteiger charge is 2.35. The van der Waals surface area contributed by atoms with E-state index in [2.05, 4.69) is 76.4 Å². The van der Waals surface area contributed by atoms with Crippen LogP contribution >= 0.6 is 11.3 Å². The SMILES string of the molecule is C=C1C[C@H](c2ccccn2)N(c2ccccc2)[C@H](c2cccs2)C1. The van der Waals surface area contributed by atoms with Gasteiger partial charge in [0.25, 0.3) is 0 Å². The van der Waals surface area contributed by atoms with Crippen LogP contribution in [0.15, 0.2) is 84.4 Å². The Morgan fingerprint density at radius 1 is 0.917 bits per heavy atom. The smallest absolute Gasteiger partial charge is 0.0757 e. The molecular formula is C21H20N2S. The normalized spacial score (nSPS) is 21.0. The van der Waals surface area contributed by atoms with E-state index in [4.69, 9.17) is 0 Å². The van der Waals surface area contributed by atoms with Crippen molar-refractivity contribution in [2.24, 2.45) is 0 Å². The minimum atomic E-state index is 0.224. The molecule has 0 radical (unpaired) electrons. The monoisotopic (exact) mass is 332 g/mol. The molecule has 3 aromatic rings. The molecule has 4 rings (SSSR count). The van der Waals surface area contributed by atoms with Crippen LogP contribution in [0.4, 0.5) is 5.69 Å². The highest BCUT2D eigenvalue weighted by molar-refractivity contribution is 7.10. The van der Waals surface area contributed by atoms with Gasteiger partial charge < -0.3 is 4.90 Å². The van der Waals surface area contributed by atoms with Crippen molar-refractivity contribution in [2.45, 2.75) is 24.9 Å². The molecule has 120 valence electrons. The zero-order chi connectivity index (χ0) is 16.4. The molecule has 0 unspecified atom stereocenters. The molecule has 0 spiro atoms. The molecule has 1 aliphatic heterocycles. The van der Waals surface area contributed by atoms with Crippen LogP contribution in [0.2, 0.25) is 0 Å². The Morgan fingerprint density at radius 3 is 2.42 bits per heavy atom. The number of pyridine rings is 1. The first-order chi connectivity index (χ1) is 11.8. The first-order valence-electron chi connectivity index (χ1n) is 8.27. The molecule has 3 heterocycles. The number of aromatic nitrogens is 1. The molecule has 2 atom stereocenters. The van der Waals surface area contributed by atoms with Gasteiger partial charge in [-0.3, -0.25) is 4.98 Å². The fourth-order valence-electron chi connectivity index (χ4n) is 3.54. The van der Waals surface area contributed by atoms with Crippen molar-refractivity contribution >= 4 is 17.0 Å². The second-order valence-electron chi connectivity index (χ2n) is 6.20. The number of para-hydroxylation sites is 1. The summed E-state index contributed by atoms with van der Waals surface area (Å²) in [4.78, 5) is 8.57. The predicted octanol–water partition coefficient (Wildman–Crippen LogP) is 5.78. The van der Waals surface area contributed by atoms with Crippen LogP contribution in [0.25, 0.3) is 0 Å². The van der Waals surface area contributed by atoms with Gasteiger partial charge in [0.05, 0.1) is 17.8 Å². The van der Waals surface area contributed by atoms with E-state index in [1.807, 2.05) is 23.6 Å². The van der Waals surface area contributed by atoms with Gasteiger partial charge in [-0.05, 0) is 48.6 Å². The van der Waals surface area contributed by atoms with Crippen molar-refractivity contribution < 1.29 is 0 Å². The molecule has 1 aromatic carbocycles. The Bertz CT molecular complexity index is 796. The van der Waals surface area contributed by atoms with Gasteiger partial charge in [-0.1, -0.05) is 42.5 Å². The van der Waals surface area contributed by atoms with Crippen LogP contribution in [0, 0.1) is 0 Å². The summed E-state index contributed by atoms with van der Waals surface area (Å²) in [6, 6.07) is 21.8. The van der Waals surface area contributed by atoms with Crippen molar-refractivity contribution in [3.8, 4) is 0 Å². The summed E-state index contributed by atoms with van der Waals surface area (Å²) in [6.07, 6.45) is 3.84. The third kappa shape index (κ3) is 2.87. The summed E-state index contributed by atoms with van der Waals surface area (Å²) in [6.45, 7) is 4.33. The lowest BCUT2D eigenvalue weighted by Crippen LogP contribution is -2.37. The lowest BCUT2D eigenvalue weighted by atomic mass is 9.88. The summed E-state index contributed by atoms with van der Waals surface area (Å²) in [7, 11) is 0. The van der Waals surface area contributed by atoms with Crippen LogP contribution < -0.4 is 4.90 Å². The van der Waals surface area contributed by atoms with E-state index in [0.717, 1.165) is 18.5 Å². The average molecular weight is 332 g/mol. The molecule has 0 N–H and O–H groups in total. The number of hydrogen-bond donors (Lipinski definition) is 0. The molecular weight excluding hydrogens is 312 g/mol. The summed E-state index contributed by atoms with van der Waals surface area (Å²) in [5, 5.41) is 2.16. The van der Waals surface area contributed by atoms with Crippen LogP contribution in [-0.2, 0) is 0 Å². The fraction of sp³-hybridized carbons (Fsp3) is 0.190. The number of nitrogens with zero attached hydrogens (tertiary/aromatic N) is 2. The van der Waals surface area contributed by atoms with Crippen LogP contribution in [0.5, 0.6) is 0 Å². The van der Waals surface area contributed by atoms with Crippen molar-refractivity contribution in [3.05, 3.63) is 95.0 Å². The molecule has 24 heavy (non-hydrogen) atoms. The lowest BCUT2D eigenvalue weighted by molar-refractivity contribution is 0.461. The number of anilines is 1. The van der Waals surface area contributed by atoms with Gasteiger partial charge in [0.2, 0.25) is 0 Å². The van der Waals surface area contributed by atoms with Gasteiger partial charge >= 0.3 is 0 Å². The minimum Gasteiger partial charge on any atom is -0.354 e. The maximum atomic E-state index is 4.65. The van der Waals surface area contributed by atoms with Crippen LogP contribution in [0.1, 0.15) is 35.5 Å². The third-order valence-electron chi connectivity index (χ3n) is 4.59. The van der Waals surface area contributed by atoms with E-state index in [9.17, 15) is 0 Å². The summed E-state index contributed by atoms with van der Waals surface area (Å²) >= 11 is 1.82. The predicted molar refractivity (Wildman–Crippen MR) is 101 cm³/mol. The highest BCUT2D eigenvalue weighted by Crippen LogP contribution is 2.46. The first-order valence-corrected chi connectivity index (χ1v) is 9.15. The number of hydrogen-bond acceptors (Lipinski definition) is 3. The molecule has 3 heteroatoms. The van der Waals surface area contributed by atoms with Gasteiger partial charge in [-0.15, -0.1) is 11.3 Å². The Morgan fingerprint density at radius 2 is 1.71 bits per heavy atom. The van der Waals surface area contributed by atoms with Gasteiger partial charge in [0.1, 0.15) is 0 Å². The molecule has 2 nitrogen and oxygen atoms in total. The van der Waals surface area contributed by atoms with Crippen LogP contribution in [-0.4, -0.2) is 4.98 Å². The topological polar surface area (TPSA) is 16.1 Å². The number of piperidine rings is 1. The molecule has 0 amide bonds. The Balaban J connectivity index is 1.82. The largest absolute Gasteiger partial charge is 0.354 e. The maximum absolute atomic E-state index is 4.65. The minimum absolute atomic E-state index is 0.224. The van der Waals surface area contributed by atoms with Crippen molar-refractivity contribution in [2.75, 3.05) is 4.90 Å². The van der Waals surface area contributed by atoms with Crippen molar-refractivity contribution in [3.63, 3.8) is 0 Å². The van der Waals surface area contributed by atoms with E-state index in [1.54, 1.807) is 0 Å². The third-order valence-corrected chi connectivity index (χ3v) is 5.56. The highest BCUT2D eigenvalue weighted by atomic mass is 32.1. The molecule has 0 aliphatic carbocycles. The summed E-state index contributed by atoms with van der Waals surface area (Å²) in [5.74, 6) is 0. The Hall–Kier alpha value is -2.39. The van der Waals surface area contributed by atoms with Gasteiger partial charge in [0, 0.05) is 16.8 Å². The van der Waals surface area contributed by atoms with Crippen LogP contribution in [0.3, 0.4) is 0 Å². The first kappa shape index (κ1) is 15.2. The zero-order valence-electron chi connectivity index (χ0n) is 13.5. The summed E-state index contributed by atoms with van der Waals surface area (Å²) in [5.41, 5.74) is 3.67. The van der Waals surface area contributed by atoms with E-state index >= 15 is 0 Å². The van der Waals surface area contributed by atoms with Gasteiger partial charge in [-0.2, -0.15) is 0 Å². The summed E-state index contributed by atoms with van der Waals surface area (Å²) < 4.78 is 0. The zero-order valence-corrected chi connectivity index (χ0v) is 14.3. The van der Waals surface area contributed by atoms with Crippen molar-refractivity contribution in [1.82, 2.24) is 4.98 Å². The number of thiophene rings is 1. The molecule has 0 bridgehead atoms. The number of benzene rings is 1. The molecule has 1 fully saturated rings. The van der Waals surface area contributed by atoms with E-state index in [-0.39, 0.29) is 6.04 Å². The molecule has 0 saturated carbocycles. The molecule has 1 aliphatic rings. The second-order valence-corrected chi connectivity index (χ2v) is 7.18. The standard InChI is InChI=1S/C21H20N2S/c1-16-14-19(18-10-5-6-12-22-18)23(17-8-3-2-4-9-17)20(15-16)21-11-7-13-24-21/h2-13,19-20H,1,14-15H2/t19-,20+/m1/s1. The quantitative estimate of drug-likeness (QED) is 0.565. The van der Waals surface area contributed by atoms with Gasteiger partial charge in [-0.25, -0.2) is 0 Å². The Kier molecular flexibility index (Phi) is 4.18. The van der Waals surface area contributed by atoms with E-state index < -0.39 is 0 Å². The average Bonchev–Trinajstić information content (AvgIpc) is 3.17. The molecule has 2 aromatic heterocycles. The Labute approximate surface area is 147 Å². The lowest BCUT2D eigenvalue weighted by Gasteiger charge is -2.44. The van der Waals surface area contributed by atoms with E-state index in [1.165, 1.54) is 16.1 Å².